The van der Waals surface area contributed by atoms with Gasteiger partial charge < -0.3 is 63.1 Å². The predicted molar refractivity (Wildman–Crippen MR) is 532 cm³/mol. The molecular weight excluding hydrogens is 1860 g/mol. The number of aldehydes is 1. The van der Waals surface area contributed by atoms with Crippen LogP contribution in [0.2, 0.25) is 0 Å². The van der Waals surface area contributed by atoms with Crippen LogP contribution < -0.4 is 49.9 Å². The summed E-state index contributed by atoms with van der Waals surface area (Å²) in [5.74, 6) is 0.161. The molecule has 13 amide bonds. The quantitative estimate of drug-likeness (QED) is 0.00977. The van der Waals surface area contributed by atoms with Crippen molar-refractivity contribution in [3.8, 4) is 17.2 Å². The molecule has 5 fully saturated rings. The molecule has 0 aliphatic carbocycles. The third kappa shape index (κ3) is 36.6. The van der Waals surface area contributed by atoms with Gasteiger partial charge in [0.05, 0.1) is 83.6 Å². The Morgan fingerprint density at radius 3 is 1.04 bits per heavy atom. The molecule has 0 spiro atoms. The minimum absolute atomic E-state index is 0. The number of methoxy groups -OCH3 is 3. The molecule has 8 aromatic rings. The second kappa shape index (κ2) is 57.6. The van der Waals surface area contributed by atoms with Gasteiger partial charge in [-0.3, -0.25) is 34.4 Å². The fraction of sp³-hybridized carbons (Fsp3) is 0.304. The summed E-state index contributed by atoms with van der Waals surface area (Å²) in [4.78, 5) is 164. The molecule has 0 radical (unpaired) electrons. The molecule has 0 saturated carbocycles. The number of anilines is 4. The lowest BCUT2D eigenvalue weighted by Crippen LogP contribution is -2.40. The SMILES string of the molecule is CC(C)(C)OC(=O)N1CCNC1=O.CCOC(=O)/C=C/c1ccccc1Br.CCOC(=O)/C=C/c1ccccc1N1CCN(C(=O)OC(C)(C)C)C1=O.CCOC(=O)/C=C/c1ccccc1N1CCN(Cc2ccc(OC)cc2)C1=O.CCOC(=O)/C=C/c1ccccc1N1CCNC1=O.COc1ccc(C=O)cc1.COc1ccc(CN2CCN(c3ccccc3/C=C/C(=O)NO)C2=O)cc1.Cl. The number of carbonyl (C=O) groups excluding carboxylic acids is 13. The van der Waals surface area contributed by atoms with Crippen LogP contribution in [0.15, 0.2) is 229 Å². The number of rotatable bonds is 26. The molecular formula is C102H119BrClN11O23. The van der Waals surface area contributed by atoms with Crippen LogP contribution in [-0.4, -0.2) is 228 Å². The lowest BCUT2D eigenvalue weighted by atomic mass is 10.1. The van der Waals surface area contributed by atoms with Crippen LogP contribution >= 0.6 is 28.3 Å². The number of hydroxylamine groups is 1. The van der Waals surface area contributed by atoms with Gasteiger partial charge in [-0.2, -0.15) is 0 Å². The number of nitrogens with one attached hydrogen (secondary N) is 3. The summed E-state index contributed by atoms with van der Waals surface area (Å²) in [5, 5.41) is 13.9. The van der Waals surface area contributed by atoms with E-state index in [1.165, 1.54) is 35.3 Å². The van der Waals surface area contributed by atoms with Crippen LogP contribution in [0.3, 0.4) is 0 Å². The maximum absolute atomic E-state index is 12.9. The van der Waals surface area contributed by atoms with E-state index in [-0.39, 0.29) is 55.0 Å². The highest BCUT2D eigenvalue weighted by molar-refractivity contribution is 9.10. The molecule has 734 valence electrons. The Morgan fingerprint density at radius 2 is 0.703 bits per heavy atom. The number of ether oxygens (including phenoxy) is 9. The van der Waals surface area contributed by atoms with Gasteiger partial charge in [0.15, 0.2) is 0 Å². The molecule has 0 bridgehead atoms. The Morgan fingerprint density at radius 1 is 0.384 bits per heavy atom. The molecule has 0 unspecified atom stereocenters. The maximum atomic E-state index is 12.9. The van der Waals surface area contributed by atoms with Crippen molar-refractivity contribution in [1.29, 1.82) is 0 Å². The number of amides is 13. The average molecular weight is 1980 g/mol. The average Bonchev–Trinajstić information content (AvgIpc) is 1.64. The molecule has 0 atom stereocenters. The van der Waals surface area contributed by atoms with Gasteiger partial charge in [0.2, 0.25) is 0 Å². The fourth-order valence-electron chi connectivity index (χ4n) is 13.1. The number of carbonyl (C=O) groups is 13. The van der Waals surface area contributed by atoms with Gasteiger partial charge in [0.25, 0.3) is 5.91 Å². The molecule has 138 heavy (non-hydrogen) atoms. The number of imide groups is 2. The number of nitrogens with zero attached hydrogens (tertiary/aromatic N) is 8. The maximum Gasteiger partial charge on any atom is 0.418 e. The number of hydrogen-bond donors (Lipinski definition) is 4. The van der Waals surface area contributed by atoms with Crippen molar-refractivity contribution in [1.82, 2.24) is 35.7 Å². The second-order valence-electron chi connectivity index (χ2n) is 31.5. The molecule has 8 aromatic carbocycles. The summed E-state index contributed by atoms with van der Waals surface area (Å²) in [5.41, 5.74) is 9.95. The molecule has 34 nitrogen and oxygen atoms in total. The lowest BCUT2D eigenvalue weighted by Gasteiger charge is -2.24. The molecule has 36 heteroatoms. The van der Waals surface area contributed by atoms with E-state index in [1.807, 2.05) is 150 Å². The van der Waals surface area contributed by atoms with Gasteiger partial charge in [-0.15, -0.1) is 12.4 Å². The summed E-state index contributed by atoms with van der Waals surface area (Å²) >= 11 is 3.38. The first-order valence-electron chi connectivity index (χ1n) is 44.0. The van der Waals surface area contributed by atoms with Crippen LogP contribution in [0, 0.1) is 0 Å². The van der Waals surface area contributed by atoms with Crippen LogP contribution in [-0.2, 0) is 65.5 Å². The van der Waals surface area contributed by atoms with E-state index in [4.69, 9.17) is 47.8 Å². The van der Waals surface area contributed by atoms with Crippen molar-refractivity contribution in [2.75, 3.05) is 133 Å². The Bertz CT molecular complexity index is 5570. The highest BCUT2D eigenvalue weighted by Crippen LogP contribution is 2.32. The highest BCUT2D eigenvalue weighted by Gasteiger charge is 2.38. The third-order valence-corrected chi connectivity index (χ3v) is 20.3. The standard InChI is InChI=1S/C22H24N2O4.C20H21N3O4.C19H24N2O5.C14H16N2O3.C11H11BrO2.C8H14N2O3.C8H8O2.ClH/c1-3-28-21(25)13-10-18-6-4-5-7-20(18)24-15-14-23(22(24)26)16-17-8-11-19(27-2)12-9-17;1-27-17-9-6-15(7-10-17)14-22-12-13-23(20(22)25)18-5-3-2-4-16(18)8-11-19(24)21-26;1-5-25-16(22)11-10-14-8-6-7-9-15(14)20-12-13-21(17(20)23)18(24)26-19(2,3)4;1-2-19-13(17)8-7-11-5-3-4-6-12(11)16-10-9-15-14(16)18;1-2-14-11(13)8-7-9-5-3-4-6-10(9)12;1-8(2,3)13-7(12)10-5-4-9-6(10)11;1-10-8-4-2-7(6-9)3-5-8;/h4-13H,3,14-16H2,1-2H3;2-11,26H,12-14H2,1H3,(H,21,24);6-11H,5,12-13H2,1-4H3;3-8H,2,9-10H2,1H3,(H,15,18);3-8H,2H2,1H3;4-5H2,1-3H3,(H,9,11);2-6H,1H3;1H/b13-10+;11-8+;11-10+;2*8-7+;;;. The zero-order valence-corrected chi connectivity index (χ0v) is 81.8. The highest BCUT2D eigenvalue weighted by atomic mass is 79.9. The molecule has 13 rings (SSSR count). The van der Waals surface area contributed by atoms with Crippen LogP contribution in [0.4, 0.5) is 56.3 Å². The van der Waals surface area contributed by atoms with Gasteiger partial charge in [-0.25, -0.2) is 68.0 Å². The minimum atomic E-state index is -0.676. The topological polar surface area (TPSA) is 387 Å². The molecule has 5 saturated heterocycles. The normalized spacial score (nSPS) is 13.7. The van der Waals surface area contributed by atoms with Crippen molar-refractivity contribution in [2.45, 2.75) is 93.5 Å². The van der Waals surface area contributed by atoms with E-state index >= 15 is 0 Å². The molecule has 5 aliphatic rings. The van der Waals surface area contributed by atoms with E-state index in [0.29, 0.717) is 115 Å². The van der Waals surface area contributed by atoms with Crippen LogP contribution in [0.5, 0.6) is 17.2 Å². The monoisotopic (exact) mass is 1980 g/mol. The molecule has 0 aromatic heterocycles. The Labute approximate surface area is 818 Å². The van der Waals surface area contributed by atoms with Gasteiger partial charge in [-0.05, 0) is 217 Å². The van der Waals surface area contributed by atoms with Crippen LogP contribution in [0.1, 0.15) is 119 Å². The van der Waals surface area contributed by atoms with Gasteiger partial charge in [-0.1, -0.05) is 131 Å². The van der Waals surface area contributed by atoms with Crippen molar-refractivity contribution in [3.63, 3.8) is 0 Å². The number of benzene rings is 8. The van der Waals surface area contributed by atoms with E-state index in [1.54, 1.807) is 195 Å². The van der Waals surface area contributed by atoms with Gasteiger partial charge in [0.1, 0.15) is 34.7 Å². The van der Waals surface area contributed by atoms with Crippen LogP contribution in [0.25, 0.3) is 30.4 Å². The fourth-order valence-corrected chi connectivity index (χ4v) is 13.5. The van der Waals surface area contributed by atoms with Crippen molar-refractivity contribution in [3.05, 3.63) is 273 Å². The number of para-hydroxylation sites is 4. The first-order chi connectivity index (χ1) is 65.7. The molecule has 4 N–H and O–H groups in total. The number of halogens is 2. The van der Waals surface area contributed by atoms with E-state index < -0.39 is 47.3 Å². The second-order valence-corrected chi connectivity index (χ2v) is 32.4. The Balaban J connectivity index is 0.000000253. The summed E-state index contributed by atoms with van der Waals surface area (Å²) < 4.78 is 45.9. The van der Waals surface area contributed by atoms with Gasteiger partial charge in [0, 0.05) is 106 Å². The Hall–Kier alpha value is -15.1. The number of hydrogen-bond acceptors (Lipinski definition) is 23. The van der Waals surface area contributed by atoms with Crippen molar-refractivity contribution < 1.29 is 110 Å². The Kier molecular flexibility index (Phi) is 46.6. The molecule has 5 aliphatic heterocycles. The van der Waals surface area contributed by atoms with E-state index in [2.05, 4.69) is 26.6 Å². The predicted octanol–water partition coefficient (Wildman–Crippen LogP) is 17.5. The van der Waals surface area contributed by atoms with Gasteiger partial charge >= 0.3 is 66.2 Å². The summed E-state index contributed by atoms with van der Waals surface area (Å²) in [6.07, 6.45) is 14.5. The number of urea groups is 5. The van der Waals surface area contributed by atoms with E-state index in [0.717, 1.165) is 88.3 Å². The zero-order valence-electron chi connectivity index (χ0n) is 79.4. The smallest absolute Gasteiger partial charge is 0.418 e. The van der Waals surface area contributed by atoms with Crippen molar-refractivity contribution in [2.24, 2.45) is 0 Å². The zero-order chi connectivity index (χ0) is 100.0. The van der Waals surface area contributed by atoms with Crippen molar-refractivity contribution >= 4 is 160 Å². The first-order valence-corrected chi connectivity index (χ1v) is 44.7. The minimum Gasteiger partial charge on any atom is -0.497 e. The lowest BCUT2D eigenvalue weighted by molar-refractivity contribution is -0.138. The number of esters is 4. The molecule has 5 heterocycles. The first kappa shape index (κ1) is 112. The third-order valence-electron chi connectivity index (χ3n) is 19.5. The van der Waals surface area contributed by atoms with E-state index in [9.17, 15) is 62.3 Å². The summed E-state index contributed by atoms with van der Waals surface area (Å²) in [6, 6.07) is 58.3. The summed E-state index contributed by atoms with van der Waals surface area (Å²) in [6.45, 7) is 25.1. The largest absolute Gasteiger partial charge is 0.497 e. The summed E-state index contributed by atoms with van der Waals surface area (Å²) in [7, 11) is 4.84.